The average Bonchev–Trinajstić information content (AvgIpc) is 3.29. The second-order valence-electron chi connectivity index (χ2n) is 9.14. The van der Waals surface area contributed by atoms with Crippen LogP contribution in [0.5, 0.6) is 0 Å². The van der Waals surface area contributed by atoms with E-state index in [4.69, 9.17) is 5.26 Å². The minimum Gasteiger partial charge on any atom is -0.347 e. The number of carbonyl (C=O) groups is 1. The highest BCUT2D eigenvalue weighted by Gasteiger charge is 2.20. The lowest BCUT2D eigenvalue weighted by molar-refractivity contribution is 0.0984. The van der Waals surface area contributed by atoms with Crippen LogP contribution in [0.25, 0.3) is 21.8 Å². The van der Waals surface area contributed by atoms with Crippen LogP contribution in [-0.2, 0) is 23.0 Å². The van der Waals surface area contributed by atoms with E-state index in [0.717, 1.165) is 29.4 Å². The molecule has 5 aromatic rings. The van der Waals surface area contributed by atoms with Crippen molar-refractivity contribution in [3.8, 4) is 6.07 Å². The number of rotatable bonds is 9. The van der Waals surface area contributed by atoms with Crippen molar-refractivity contribution < 1.29 is 13.2 Å². The van der Waals surface area contributed by atoms with Gasteiger partial charge < -0.3 is 4.57 Å². The van der Waals surface area contributed by atoms with Crippen molar-refractivity contribution in [2.75, 3.05) is 4.72 Å². The standard InChI is InChI=1S/C30H26N4O3S/c1-2-17-34-20-26(28(35)15-12-21-8-10-22(19-31)11-9-21)25-18-24(13-14-27(25)34)33-38(36,37)29-7-3-5-23-6-4-16-32-30(23)29/h3-11,13-14,16,18,20,33H,2,12,15,17H2,1H3. The Kier molecular flexibility index (Phi) is 6.95. The molecule has 38 heavy (non-hydrogen) atoms. The highest BCUT2D eigenvalue weighted by atomic mass is 32.2. The van der Waals surface area contributed by atoms with Crippen LogP contribution < -0.4 is 4.72 Å². The maximum absolute atomic E-state index is 13.3. The van der Waals surface area contributed by atoms with Crippen molar-refractivity contribution in [3.63, 3.8) is 0 Å². The number of nitrogens with zero attached hydrogens (tertiary/aromatic N) is 3. The molecule has 0 unspecified atom stereocenters. The van der Waals surface area contributed by atoms with E-state index in [1.54, 1.807) is 42.6 Å². The van der Waals surface area contributed by atoms with Gasteiger partial charge in [0.2, 0.25) is 0 Å². The second-order valence-corrected chi connectivity index (χ2v) is 10.8. The fraction of sp³-hybridized carbons (Fsp3) is 0.167. The van der Waals surface area contributed by atoms with Gasteiger partial charge in [-0.3, -0.25) is 14.5 Å². The summed E-state index contributed by atoms with van der Waals surface area (Å²) in [5.41, 5.74) is 3.78. The van der Waals surface area contributed by atoms with Gasteiger partial charge >= 0.3 is 0 Å². The number of anilines is 1. The van der Waals surface area contributed by atoms with Crippen LogP contribution in [0.1, 0.15) is 41.3 Å². The molecule has 0 aliphatic carbocycles. The van der Waals surface area contributed by atoms with E-state index in [9.17, 15) is 13.2 Å². The molecule has 0 radical (unpaired) electrons. The van der Waals surface area contributed by atoms with E-state index in [2.05, 4.69) is 22.7 Å². The van der Waals surface area contributed by atoms with Crippen LogP contribution in [0.2, 0.25) is 0 Å². The smallest absolute Gasteiger partial charge is 0.264 e. The monoisotopic (exact) mass is 522 g/mol. The second kappa shape index (κ2) is 10.5. The first-order valence-corrected chi connectivity index (χ1v) is 13.9. The predicted octanol–water partition coefficient (Wildman–Crippen LogP) is 6.09. The molecular weight excluding hydrogens is 496 g/mol. The third-order valence-electron chi connectivity index (χ3n) is 6.51. The van der Waals surface area contributed by atoms with Crippen molar-refractivity contribution in [3.05, 3.63) is 102 Å². The van der Waals surface area contributed by atoms with Crippen LogP contribution in [0.4, 0.5) is 5.69 Å². The highest BCUT2D eigenvalue weighted by molar-refractivity contribution is 7.93. The Morgan fingerprint density at radius 3 is 2.61 bits per heavy atom. The van der Waals surface area contributed by atoms with Gasteiger partial charge in [0, 0.05) is 52.9 Å². The third kappa shape index (κ3) is 5.01. The summed E-state index contributed by atoms with van der Waals surface area (Å²) < 4.78 is 31.4. The number of hydrogen-bond donors (Lipinski definition) is 1. The maximum Gasteiger partial charge on any atom is 0.264 e. The van der Waals surface area contributed by atoms with Gasteiger partial charge in [-0.25, -0.2) is 8.42 Å². The number of ketones is 1. The summed E-state index contributed by atoms with van der Waals surface area (Å²) in [6.07, 6.45) is 5.17. The van der Waals surface area contributed by atoms with Crippen molar-refractivity contribution >= 4 is 43.3 Å². The number of Topliss-reactive ketones (excluding diaryl/α,β-unsaturated/α-hetero) is 1. The van der Waals surface area contributed by atoms with E-state index in [1.165, 1.54) is 6.07 Å². The van der Waals surface area contributed by atoms with Gasteiger partial charge in [0.15, 0.2) is 5.78 Å². The largest absolute Gasteiger partial charge is 0.347 e. The van der Waals surface area contributed by atoms with Gasteiger partial charge in [-0.05, 0) is 60.9 Å². The first-order chi connectivity index (χ1) is 18.4. The van der Waals surface area contributed by atoms with Gasteiger partial charge in [-0.2, -0.15) is 5.26 Å². The van der Waals surface area contributed by atoms with Crippen LogP contribution in [-0.4, -0.2) is 23.8 Å². The molecule has 0 amide bonds. The van der Waals surface area contributed by atoms with E-state index in [0.29, 0.717) is 40.6 Å². The van der Waals surface area contributed by atoms with Crippen molar-refractivity contribution in [2.24, 2.45) is 0 Å². The van der Waals surface area contributed by atoms with Crippen LogP contribution in [0, 0.1) is 11.3 Å². The van der Waals surface area contributed by atoms with Gasteiger partial charge in [0.1, 0.15) is 4.90 Å². The first-order valence-electron chi connectivity index (χ1n) is 12.4. The Balaban J connectivity index is 1.46. The molecule has 0 aliphatic heterocycles. The number of pyridine rings is 1. The zero-order chi connectivity index (χ0) is 26.7. The minimum absolute atomic E-state index is 0.0209. The fourth-order valence-electron chi connectivity index (χ4n) is 4.65. The summed E-state index contributed by atoms with van der Waals surface area (Å²) in [5.74, 6) is -0.0209. The number of nitriles is 1. The predicted molar refractivity (Wildman–Crippen MR) is 149 cm³/mol. The molecule has 1 N–H and O–H groups in total. The number of hydrogen-bond acceptors (Lipinski definition) is 5. The minimum atomic E-state index is -3.92. The lowest BCUT2D eigenvalue weighted by Gasteiger charge is -2.11. The van der Waals surface area contributed by atoms with E-state index < -0.39 is 10.0 Å². The molecule has 8 heteroatoms. The lowest BCUT2D eigenvalue weighted by atomic mass is 10.0. The number of carbonyl (C=O) groups excluding carboxylic acids is 1. The van der Waals surface area contributed by atoms with Crippen LogP contribution in [0.3, 0.4) is 0 Å². The zero-order valence-electron chi connectivity index (χ0n) is 20.9. The van der Waals surface area contributed by atoms with Gasteiger partial charge in [-0.1, -0.05) is 37.3 Å². The number of benzene rings is 3. The Morgan fingerprint density at radius 1 is 1.05 bits per heavy atom. The molecule has 3 aromatic carbocycles. The molecule has 5 rings (SSSR count). The van der Waals surface area contributed by atoms with Crippen LogP contribution >= 0.6 is 0 Å². The number of para-hydroxylation sites is 1. The Morgan fingerprint density at radius 2 is 1.84 bits per heavy atom. The van der Waals surface area contributed by atoms with Crippen molar-refractivity contribution in [1.29, 1.82) is 5.26 Å². The average molecular weight is 523 g/mol. The van der Waals surface area contributed by atoms with Crippen molar-refractivity contribution in [2.45, 2.75) is 37.6 Å². The van der Waals surface area contributed by atoms with Gasteiger partial charge in [-0.15, -0.1) is 0 Å². The molecular formula is C30H26N4O3S. The number of sulfonamides is 1. The normalized spacial score (nSPS) is 11.5. The molecule has 7 nitrogen and oxygen atoms in total. The van der Waals surface area contributed by atoms with Crippen LogP contribution in [0.15, 0.2) is 90.1 Å². The molecule has 0 atom stereocenters. The third-order valence-corrected chi connectivity index (χ3v) is 7.92. The molecule has 190 valence electrons. The molecule has 0 aliphatic rings. The number of aryl methyl sites for hydroxylation is 2. The SMILES string of the molecule is CCCn1cc(C(=O)CCc2ccc(C#N)cc2)c2cc(NS(=O)(=O)c3cccc4cccnc34)ccc21. The molecule has 2 aromatic heterocycles. The molecule has 0 bridgehead atoms. The summed E-state index contributed by atoms with van der Waals surface area (Å²) in [5, 5.41) is 10.4. The highest BCUT2D eigenvalue weighted by Crippen LogP contribution is 2.29. The van der Waals surface area contributed by atoms with Crippen molar-refractivity contribution in [1.82, 2.24) is 9.55 Å². The maximum atomic E-state index is 13.3. The van der Waals surface area contributed by atoms with E-state index in [1.807, 2.05) is 41.1 Å². The Hall–Kier alpha value is -4.48. The molecule has 0 saturated heterocycles. The van der Waals surface area contributed by atoms with Gasteiger partial charge in [0.25, 0.3) is 10.0 Å². The summed E-state index contributed by atoms with van der Waals surface area (Å²) in [6.45, 7) is 2.81. The molecule has 0 spiro atoms. The topological polar surface area (TPSA) is 105 Å². The summed E-state index contributed by atoms with van der Waals surface area (Å²) in [4.78, 5) is 17.7. The fourth-order valence-corrected chi connectivity index (χ4v) is 5.88. The van der Waals surface area contributed by atoms with E-state index >= 15 is 0 Å². The molecule has 0 saturated carbocycles. The Bertz CT molecular complexity index is 1790. The van der Waals surface area contributed by atoms with E-state index in [-0.39, 0.29) is 10.7 Å². The quantitative estimate of drug-likeness (QED) is 0.236. The number of nitrogens with one attached hydrogen (secondary N) is 1. The zero-order valence-corrected chi connectivity index (χ0v) is 21.7. The lowest BCUT2D eigenvalue weighted by Crippen LogP contribution is -2.13. The Labute approximate surface area is 221 Å². The molecule has 2 heterocycles. The molecule has 0 fully saturated rings. The van der Waals surface area contributed by atoms with Gasteiger partial charge in [0.05, 0.1) is 17.1 Å². The number of fused-ring (bicyclic) bond motifs is 2. The summed E-state index contributed by atoms with van der Waals surface area (Å²) >= 11 is 0. The summed E-state index contributed by atoms with van der Waals surface area (Å²) in [7, 11) is -3.92. The summed E-state index contributed by atoms with van der Waals surface area (Å²) in [6, 6.07) is 23.2. The number of aromatic nitrogens is 2. The first kappa shape index (κ1) is 25.2.